The van der Waals surface area contributed by atoms with Gasteiger partial charge in [-0.05, 0) is 0 Å². The first-order chi connectivity index (χ1) is 6.06. The van der Waals surface area contributed by atoms with Crippen LogP contribution in [0.15, 0.2) is 0 Å². The van der Waals surface area contributed by atoms with E-state index >= 15 is 0 Å². The number of rotatable bonds is 8. The normalized spacial score (nSPS) is 12.0. The molecule has 0 atom stereocenters. The molecule has 0 spiro atoms. The quantitative estimate of drug-likeness (QED) is 0.445. The van der Waals surface area contributed by atoms with Crippen molar-refractivity contribution in [3.05, 3.63) is 0 Å². The van der Waals surface area contributed by atoms with Crippen molar-refractivity contribution in [2.24, 2.45) is 0 Å². The molecular weight excluding hydrogens is 184 g/mol. The summed E-state index contributed by atoms with van der Waals surface area (Å²) in [5.74, 6) is 0. The summed E-state index contributed by atoms with van der Waals surface area (Å²) in [5, 5.41) is 0. The lowest BCUT2D eigenvalue weighted by molar-refractivity contribution is 0.0337. The van der Waals surface area contributed by atoms with Crippen LogP contribution in [-0.2, 0) is 14.2 Å². The van der Waals surface area contributed by atoms with E-state index in [-0.39, 0.29) is 0 Å². The van der Waals surface area contributed by atoms with Gasteiger partial charge in [-0.15, -0.1) is 0 Å². The van der Waals surface area contributed by atoms with Gasteiger partial charge in [0.25, 0.3) is 0 Å². The van der Waals surface area contributed by atoms with E-state index in [0.717, 1.165) is 6.23 Å². The lowest BCUT2D eigenvalue weighted by Gasteiger charge is -2.15. The third-order valence-electron chi connectivity index (χ3n) is 1.34. The van der Waals surface area contributed by atoms with E-state index in [1.54, 1.807) is 7.11 Å². The van der Waals surface area contributed by atoms with Crippen LogP contribution >= 0.6 is 0 Å². The summed E-state index contributed by atoms with van der Waals surface area (Å²) in [6.45, 7) is 9.57. The van der Waals surface area contributed by atoms with Crippen molar-refractivity contribution < 1.29 is 14.2 Å². The van der Waals surface area contributed by atoms with Gasteiger partial charge in [-0.25, -0.2) is 0 Å². The van der Waals surface area contributed by atoms with Gasteiger partial charge in [-0.1, -0.05) is 19.6 Å². The molecule has 0 aromatic carbocycles. The van der Waals surface area contributed by atoms with Crippen LogP contribution in [0, 0.1) is 0 Å². The molecule has 0 aliphatic carbocycles. The van der Waals surface area contributed by atoms with E-state index in [4.69, 9.17) is 14.2 Å². The van der Waals surface area contributed by atoms with E-state index in [0.29, 0.717) is 26.4 Å². The first kappa shape index (κ1) is 13.1. The molecule has 0 aromatic heterocycles. The fraction of sp³-hybridized carbons (Fsp3) is 1.00. The average Bonchev–Trinajstić information content (AvgIpc) is 2.01. The van der Waals surface area contributed by atoms with Gasteiger partial charge in [-0.3, -0.25) is 0 Å². The molecule has 0 rings (SSSR count). The number of hydrogen-bond acceptors (Lipinski definition) is 3. The molecule has 0 amide bonds. The molecular formula is C9H22O3Si. The van der Waals surface area contributed by atoms with Gasteiger partial charge in [0.05, 0.1) is 34.5 Å². The first-order valence-electron chi connectivity index (χ1n) is 4.71. The third kappa shape index (κ3) is 12.1. The standard InChI is InChI=1S/C9H22O3Si/c1-10-5-6-11-7-8-12-9-13(2,3)4/h5-9H2,1-4H3. The lowest BCUT2D eigenvalue weighted by atomic mass is 10.7. The van der Waals surface area contributed by atoms with Crippen molar-refractivity contribution >= 4 is 8.07 Å². The van der Waals surface area contributed by atoms with Crippen molar-refractivity contribution in [3.63, 3.8) is 0 Å². The van der Waals surface area contributed by atoms with Gasteiger partial charge in [0.1, 0.15) is 0 Å². The summed E-state index contributed by atoms with van der Waals surface area (Å²) in [5.41, 5.74) is 0. The van der Waals surface area contributed by atoms with Crippen molar-refractivity contribution in [2.45, 2.75) is 19.6 Å². The topological polar surface area (TPSA) is 27.7 Å². The number of hydrogen-bond donors (Lipinski definition) is 0. The highest BCUT2D eigenvalue weighted by molar-refractivity contribution is 6.76. The fourth-order valence-electron chi connectivity index (χ4n) is 0.741. The van der Waals surface area contributed by atoms with E-state index in [2.05, 4.69) is 19.6 Å². The highest BCUT2D eigenvalue weighted by atomic mass is 28.3. The minimum Gasteiger partial charge on any atom is -0.382 e. The predicted octanol–water partition coefficient (Wildman–Crippen LogP) is 1.54. The zero-order valence-corrected chi connectivity index (χ0v) is 10.3. The maximum absolute atomic E-state index is 5.47. The SMILES string of the molecule is COCCOCCOC[Si](C)(C)C. The second-order valence-electron chi connectivity index (χ2n) is 4.22. The highest BCUT2D eigenvalue weighted by Gasteiger charge is 2.12. The maximum Gasteiger partial charge on any atom is 0.0746 e. The molecule has 3 nitrogen and oxygen atoms in total. The van der Waals surface area contributed by atoms with Crippen LogP contribution < -0.4 is 0 Å². The van der Waals surface area contributed by atoms with Crippen molar-refractivity contribution in [2.75, 3.05) is 39.8 Å². The van der Waals surface area contributed by atoms with Crippen LogP contribution in [-0.4, -0.2) is 47.8 Å². The Labute approximate surface area is 82.4 Å². The molecule has 0 N–H and O–H groups in total. The maximum atomic E-state index is 5.47. The summed E-state index contributed by atoms with van der Waals surface area (Å²) < 4.78 is 15.6. The van der Waals surface area contributed by atoms with Crippen LogP contribution in [0.3, 0.4) is 0 Å². The van der Waals surface area contributed by atoms with Gasteiger partial charge in [-0.2, -0.15) is 0 Å². The summed E-state index contributed by atoms with van der Waals surface area (Å²) in [6.07, 6.45) is 0.917. The van der Waals surface area contributed by atoms with Gasteiger partial charge in [0.2, 0.25) is 0 Å². The van der Waals surface area contributed by atoms with Gasteiger partial charge < -0.3 is 14.2 Å². The van der Waals surface area contributed by atoms with Gasteiger partial charge in [0, 0.05) is 13.3 Å². The van der Waals surface area contributed by atoms with Crippen molar-refractivity contribution in [1.82, 2.24) is 0 Å². The second-order valence-corrected chi connectivity index (χ2v) is 9.63. The Morgan fingerprint density at radius 1 is 0.846 bits per heavy atom. The Kier molecular flexibility index (Phi) is 7.55. The number of ether oxygens (including phenoxy) is 3. The van der Waals surface area contributed by atoms with Crippen LogP contribution in [0.1, 0.15) is 0 Å². The lowest BCUT2D eigenvalue weighted by Crippen LogP contribution is -2.29. The minimum atomic E-state index is -1.04. The molecule has 80 valence electrons. The van der Waals surface area contributed by atoms with Crippen molar-refractivity contribution in [3.8, 4) is 0 Å². The highest BCUT2D eigenvalue weighted by Crippen LogP contribution is 1.99. The molecule has 0 radical (unpaired) electrons. The van der Waals surface area contributed by atoms with Crippen LogP contribution in [0.2, 0.25) is 19.6 Å². The van der Waals surface area contributed by atoms with E-state index in [9.17, 15) is 0 Å². The molecule has 0 saturated heterocycles. The molecule has 13 heavy (non-hydrogen) atoms. The van der Waals surface area contributed by atoms with Crippen LogP contribution in [0.25, 0.3) is 0 Å². The third-order valence-corrected chi connectivity index (χ3v) is 2.41. The molecule has 0 aromatic rings. The summed E-state index contributed by atoms with van der Waals surface area (Å²) in [6, 6.07) is 0. The smallest absolute Gasteiger partial charge is 0.0746 e. The Bertz CT molecular complexity index is 112. The van der Waals surface area contributed by atoms with Crippen molar-refractivity contribution in [1.29, 1.82) is 0 Å². The number of methoxy groups -OCH3 is 1. The zero-order valence-electron chi connectivity index (χ0n) is 9.26. The van der Waals surface area contributed by atoms with Gasteiger partial charge in [0.15, 0.2) is 0 Å². The molecule has 0 aliphatic heterocycles. The Morgan fingerprint density at radius 3 is 1.92 bits per heavy atom. The molecule has 0 unspecified atom stereocenters. The van der Waals surface area contributed by atoms with Crippen LogP contribution in [0.4, 0.5) is 0 Å². The average molecular weight is 206 g/mol. The Balaban J connectivity index is 3.00. The molecule has 0 fully saturated rings. The fourth-order valence-corrected chi connectivity index (χ4v) is 1.50. The molecule has 4 heteroatoms. The summed E-state index contributed by atoms with van der Waals surface area (Å²) >= 11 is 0. The first-order valence-corrected chi connectivity index (χ1v) is 8.41. The molecule has 0 saturated carbocycles. The van der Waals surface area contributed by atoms with E-state index in [1.807, 2.05) is 0 Å². The summed E-state index contributed by atoms with van der Waals surface area (Å²) in [7, 11) is 0.637. The molecule has 0 heterocycles. The van der Waals surface area contributed by atoms with Gasteiger partial charge >= 0.3 is 0 Å². The zero-order chi connectivity index (χ0) is 10.2. The van der Waals surface area contributed by atoms with E-state index < -0.39 is 8.07 Å². The van der Waals surface area contributed by atoms with E-state index in [1.165, 1.54) is 0 Å². The minimum absolute atomic E-state index is 0.660. The predicted molar refractivity (Wildman–Crippen MR) is 56.9 cm³/mol. The summed E-state index contributed by atoms with van der Waals surface area (Å²) in [4.78, 5) is 0. The Morgan fingerprint density at radius 2 is 1.38 bits per heavy atom. The second kappa shape index (κ2) is 7.50. The monoisotopic (exact) mass is 206 g/mol. The molecule has 0 bridgehead atoms. The van der Waals surface area contributed by atoms with Crippen LogP contribution in [0.5, 0.6) is 0 Å². The Hall–Kier alpha value is 0.0969. The molecule has 0 aliphatic rings. The largest absolute Gasteiger partial charge is 0.382 e.